The second-order valence-corrected chi connectivity index (χ2v) is 7.34. The third-order valence-electron chi connectivity index (χ3n) is 5.29. The van der Waals surface area contributed by atoms with Gasteiger partial charge in [0.1, 0.15) is 0 Å². The molecule has 0 N–H and O–H groups in total. The lowest BCUT2D eigenvalue weighted by atomic mass is 10.1. The number of carbonyl (C=O) groups is 2. The summed E-state index contributed by atoms with van der Waals surface area (Å²) in [6.07, 6.45) is 2.36. The molecule has 2 heterocycles. The lowest BCUT2D eigenvalue weighted by Crippen LogP contribution is -2.12. The van der Waals surface area contributed by atoms with Crippen molar-refractivity contribution in [1.82, 2.24) is 19.6 Å². The van der Waals surface area contributed by atoms with Gasteiger partial charge < -0.3 is 9.47 Å². The Kier molecular flexibility index (Phi) is 7.99. The molecular formula is C21H32N4O4. The van der Waals surface area contributed by atoms with Gasteiger partial charge in [-0.3, -0.25) is 19.0 Å². The van der Waals surface area contributed by atoms with E-state index >= 15 is 0 Å². The summed E-state index contributed by atoms with van der Waals surface area (Å²) in [7, 11) is 3.79. The number of ether oxygens (including phenoxy) is 2. The predicted octanol–water partition coefficient (Wildman–Crippen LogP) is 2.43. The van der Waals surface area contributed by atoms with Crippen LogP contribution >= 0.6 is 0 Å². The molecule has 0 aliphatic carbocycles. The van der Waals surface area contributed by atoms with E-state index in [1.807, 2.05) is 51.2 Å². The maximum atomic E-state index is 11.9. The van der Waals surface area contributed by atoms with Crippen molar-refractivity contribution in [1.29, 1.82) is 0 Å². The quantitative estimate of drug-likeness (QED) is 0.446. The lowest BCUT2D eigenvalue weighted by Gasteiger charge is -2.07. The molecule has 0 aromatic carbocycles. The van der Waals surface area contributed by atoms with Gasteiger partial charge in [-0.15, -0.1) is 0 Å². The molecule has 29 heavy (non-hydrogen) atoms. The number of hydrogen-bond donors (Lipinski definition) is 0. The maximum absolute atomic E-state index is 11.9. The SMILES string of the molecule is Cc1nn(C)c(C)c1CCC(=O)OCCCOC(=O)CCc1c(C)nn(C)c1C. The predicted molar refractivity (Wildman–Crippen MR) is 109 cm³/mol. The van der Waals surface area contributed by atoms with Crippen molar-refractivity contribution in [2.45, 2.75) is 59.8 Å². The van der Waals surface area contributed by atoms with Gasteiger partial charge in [0, 0.05) is 44.7 Å². The highest BCUT2D eigenvalue weighted by molar-refractivity contribution is 5.70. The van der Waals surface area contributed by atoms with E-state index in [1.165, 1.54) is 0 Å². The highest BCUT2D eigenvalue weighted by Crippen LogP contribution is 2.15. The molecule has 8 nitrogen and oxygen atoms in total. The normalized spacial score (nSPS) is 11.0. The van der Waals surface area contributed by atoms with Crippen LogP contribution in [0.3, 0.4) is 0 Å². The largest absolute Gasteiger partial charge is 0.466 e. The highest BCUT2D eigenvalue weighted by Gasteiger charge is 2.13. The molecule has 0 saturated heterocycles. The third-order valence-corrected chi connectivity index (χ3v) is 5.29. The molecule has 2 aromatic heterocycles. The Hall–Kier alpha value is -2.64. The monoisotopic (exact) mass is 404 g/mol. The Morgan fingerprint density at radius 2 is 1.14 bits per heavy atom. The minimum atomic E-state index is -0.249. The number of esters is 2. The average molecular weight is 405 g/mol. The molecule has 160 valence electrons. The van der Waals surface area contributed by atoms with Crippen LogP contribution in [0.25, 0.3) is 0 Å². The Morgan fingerprint density at radius 3 is 1.45 bits per heavy atom. The summed E-state index contributed by atoms with van der Waals surface area (Å²) in [6.45, 7) is 8.37. The van der Waals surface area contributed by atoms with Gasteiger partial charge in [-0.1, -0.05) is 0 Å². The lowest BCUT2D eigenvalue weighted by molar-refractivity contribution is -0.146. The average Bonchev–Trinajstić information content (AvgIpc) is 3.05. The minimum Gasteiger partial charge on any atom is -0.466 e. The van der Waals surface area contributed by atoms with E-state index in [0.717, 1.165) is 33.9 Å². The molecule has 0 aliphatic heterocycles. The van der Waals surface area contributed by atoms with Gasteiger partial charge in [0.15, 0.2) is 0 Å². The molecule has 2 rings (SSSR count). The van der Waals surface area contributed by atoms with E-state index in [4.69, 9.17) is 9.47 Å². The van der Waals surface area contributed by atoms with Crippen molar-refractivity contribution in [3.8, 4) is 0 Å². The van der Waals surface area contributed by atoms with Crippen molar-refractivity contribution in [2.24, 2.45) is 14.1 Å². The van der Waals surface area contributed by atoms with Crippen molar-refractivity contribution in [3.05, 3.63) is 33.9 Å². The van der Waals surface area contributed by atoms with Gasteiger partial charge >= 0.3 is 11.9 Å². The number of hydrogen-bond acceptors (Lipinski definition) is 6. The molecule has 0 amide bonds. The number of carbonyl (C=O) groups excluding carboxylic acids is 2. The van der Waals surface area contributed by atoms with Gasteiger partial charge in [0.2, 0.25) is 0 Å². The van der Waals surface area contributed by atoms with Crippen LogP contribution < -0.4 is 0 Å². The Morgan fingerprint density at radius 1 is 0.759 bits per heavy atom. The zero-order chi connectivity index (χ0) is 21.6. The van der Waals surface area contributed by atoms with Gasteiger partial charge in [-0.2, -0.15) is 10.2 Å². The molecule has 0 saturated carbocycles. The fraction of sp³-hybridized carbons (Fsp3) is 0.619. The van der Waals surface area contributed by atoms with Crippen molar-refractivity contribution >= 4 is 11.9 Å². The fourth-order valence-electron chi connectivity index (χ4n) is 3.39. The van der Waals surface area contributed by atoms with Crippen LogP contribution in [-0.4, -0.2) is 44.7 Å². The van der Waals surface area contributed by atoms with E-state index in [-0.39, 0.29) is 25.2 Å². The van der Waals surface area contributed by atoms with Crippen LogP contribution in [-0.2, 0) is 46.0 Å². The zero-order valence-electron chi connectivity index (χ0n) is 18.4. The summed E-state index contributed by atoms with van der Waals surface area (Å²) in [4.78, 5) is 23.8. The number of aryl methyl sites for hydroxylation is 4. The molecule has 0 radical (unpaired) electrons. The molecule has 0 fully saturated rings. The molecule has 0 bridgehead atoms. The summed E-state index contributed by atoms with van der Waals surface area (Å²) in [5.41, 5.74) is 6.22. The molecule has 0 unspecified atom stereocenters. The molecular weight excluding hydrogens is 372 g/mol. The van der Waals surface area contributed by atoms with E-state index in [0.29, 0.717) is 32.1 Å². The maximum Gasteiger partial charge on any atom is 0.306 e. The van der Waals surface area contributed by atoms with Gasteiger partial charge in [0.05, 0.1) is 24.6 Å². The van der Waals surface area contributed by atoms with E-state index < -0.39 is 0 Å². The summed E-state index contributed by atoms with van der Waals surface area (Å²) in [5, 5.41) is 8.70. The second-order valence-electron chi connectivity index (χ2n) is 7.34. The smallest absolute Gasteiger partial charge is 0.306 e. The molecule has 2 aromatic rings. The Bertz CT molecular complexity index is 796. The van der Waals surface area contributed by atoms with Crippen LogP contribution in [0.5, 0.6) is 0 Å². The molecule has 0 atom stereocenters. The van der Waals surface area contributed by atoms with E-state index in [9.17, 15) is 9.59 Å². The van der Waals surface area contributed by atoms with Crippen molar-refractivity contribution < 1.29 is 19.1 Å². The third kappa shape index (κ3) is 6.17. The fourth-order valence-corrected chi connectivity index (χ4v) is 3.39. The summed E-state index contributed by atoms with van der Waals surface area (Å²) in [5.74, 6) is -0.497. The molecule has 8 heteroatoms. The summed E-state index contributed by atoms with van der Waals surface area (Å²) in [6, 6.07) is 0. The van der Waals surface area contributed by atoms with Gasteiger partial charge in [-0.25, -0.2) is 0 Å². The topological polar surface area (TPSA) is 88.2 Å². The zero-order valence-corrected chi connectivity index (χ0v) is 18.4. The number of aromatic nitrogens is 4. The number of nitrogens with zero attached hydrogens (tertiary/aromatic N) is 4. The second kappa shape index (κ2) is 10.2. The van der Waals surface area contributed by atoms with Crippen LogP contribution in [0.4, 0.5) is 0 Å². The van der Waals surface area contributed by atoms with Crippen LogP contribution in [0.2, 0.25) is 0 Å². The van der Waals surface area contributed by atoms with Crippen LogP contribution in [0.1, 0.15) is 53.2 Å². The minimum absolute atomic E-state index is 0.248. The van der Waals surface area contributed by atoms with Gasteiger partial charge in [-0.05, 0) is 51.7 Å². The summed E-state index contributed by atoms with van der Waals surface area (Å²) < 4.78 is 14.1. The molecule has 0 aliphatic rings. The van der Waals surface area contributed by atoms with Crippen LogP contribution in [0, 0.1) is 27.7 Å². The highest BCUT2D eigenvalue weighted by atomic mass is 16.5. The first-order chi connectivity index (χ1) is 13.7. The first-order valence-electron chi connectivity index (χ1n) is 10.00. The van der Waals surface area contributed by atoms with E-state index in [1.54, 1.807) is 0 Å². The Balaban J connectivity index is 1.59. The standard InChI is InChI=1S/C21H32N4O4/c1-14-18(16(3)24(5)22-14)8-10-20(26)28-12-7-13-29-21(27)11-9-19-15(2)23-25(6)17(19)4/h7-13H2,1-6H3. The number of rotatable bonds is 10. The summed E-state index contributed by atoms with van der Waals surface area (Å²) >= 11 is 0. The van der Waals surface area contributed by atoms with Crippen molar-refractivity contribution in [2.75, 3.05) is 13.2 Å². The van der Waals surface area contributed by atoms with Gasteiger partial charge in [0.25, 0.3) is 0 Å². The van der Waals surface area contributed by atoms with Crippen molar-refractivity contribution in [3.63, 3.8) is 0 Å². The first kappa shape index (κ1) is 22.6. The first-order valence-corrected chi connectivity index (χ1v) is 10.00. The Labute approximate surface area is 172 Å². The van der Waals surface area contributed by atoms with E-state index in [2.05, 4.69) is 10.2 Å². The molecule has 0 spiro atoms. The van der Waals surface area contributed by atoms with Crippen LogP contribution in [0.15, 0.2) is 0 Å².